The van der Waals surface area contributed by atoms with Gasteiger partial charge in [0.1, 0.15) is 0 Å². The maximum absolute atomic E-state index is 6.20. The molecule has 1 N–H and O–H groups in total. The van der Waals surface area contributed by atoms with Crippen LogP contribution in [0, 0.1) is 36.5 Å². The fourth-order valence-corrected chi connectivity index (χ4v) is 0. The predicted octanol–water partition coefficient (Wildman–Crippen LogP) is 0.923. The van der Waals surface area contributed by atoms with Crippen molar-refractivity contribution in [3.8, 4) is 0 Å². The molecular formula is C3H6NU-. The first-order valence-electron chi connectivity index (χ1n) is 1.31. The Morgan fingerprint density at radius 3 is 2.00 bits per heavy atom. The molecule has 0 spiro atoms. The van der Waals surface area contributed by atoms with Crippen LogP contribution in [0.1, 0.15) is 13.3 Å². The van der Waals surface area contributed by atoms with Gasteiger partial charge in [-0.1, -0.05) is 6.92 Å². The molecule has 0 bridgehead atoms. The molecule has 2 heteroatoms. The van der Waals surface area contributed by atoms with Crippen molar-refractivity contribution in [3.63, 3.8) is 0 Å². The van der Waals surface area contributed by atoms with Crippen LogP contribution in [-0.4, -0.2) is 6.21 Å². The van der Waals surface area contributed by atoms with E-state index < -0.39 is 0 Å². The third-order valence-electron chi connectivity index (χ3n) is 0.177. The largest absolute Gasteiger partial charge is 0.519 e. The quantitative estimate of drug-likeness (QED) is 0.549. The van der Waals surface area contributed by atoms with Gasteiger partial charge in [0, 0.05) is 31.1 Å². The molecule has 0 fully saturated rings. The molecule has 0 aliphatic carbocycles. The minimum Gasteiger partial charge on any atom is -0.519 e. The first-order chi connectivity index (χ1) is 1.91. The Balaban J connectivity index is 0. The van der Waals surface area contributed by atoms with E-state index in [4.69, 9.17) is 5.41 Å². The van der Waals surface area contributed by atoms with Gasteiger partial charge in [0.15, 0.2) is 0 Å². The van der Waals surface area contributed by atoms with Gasteiger partial charge in [0.25, 0.3) is 0 Å². The smallest absolute Gasteiger partial charge is 0 e. The van der Waals surface area contributed by atoms with Crippen molar-refractivity contribution < 1.29 is 31.1 Å². The maximum Gasteiger partial charge on any atom is 0 e. The third-order valence-corrected chi connectivity index (χ3v) is 0.177. The first kappa shape index (κ1) is 9.21. The fraction of sp³-hybridized carbons (Fsp3) is 0.667. The predicted molar refractivity (Wildman–Crippen MR) is 18.0 cm³/mol. The van der Waals surface area contributed by atoms with Crippen molar-refractivity contribution in [1.29, 1.82) is 5.41 Å². The first-order valence-corrected chi connectivity index (χ1v) is 1.31. The molecule has 28 valence electrons. The van der Waals surface area contributed by atoms with Crippen LogP contribution in [0.25, 0.3) is 0 Å². The second kappa shape index (κ2) is 8.83. The monoisotopic (exact) mass is 294 g/mol. The van der Waals surface area contributed by atoms with E-state index in [0.717, 1.165) is 6.42 Å². The molecular weight excluding hydrogens is 288 g/mol. The van der Waals surface area contributed by atoms with Gasteiger partial charge in [-0.05, 0) is 0 Å². The van der Waals surface area contributed by atoms with Gasteiger partial charge in [-0.2, -0.15) is 6.42 Å². The van der Waals surface area contributed by atoms with Crippen LogP contribution < -0.4 is 0 Å². The normalized spacial score (nSPS) is 5.00. The molecule has 0 saturated carbocycles. The molecule has 0 unspecified atom stereocenters. The molecule has 1 nitrogen and oxygen atoms in total. The van der Waals surface area contributed by atoms with Crippen LogP contribution in [0.5, 0.6) is 0 Å². The summed E-state index contributed by atoms with van der Waals surface area (Å²) >= 11 is 0. The van der Waals surface area contributed by atoms with Crippen molar-refractivity contribution in [2.75, 3.05) is 0 Å². The Morgan fingerprint density at radius 2 is 2.00 bits per heavy atom. The Kier molecular flexibility index (Phi) is 16.3. The minimum atomic E-state index is 0. The summed E-state index contributed by atoms with van der Waals surface area (Å²) in [6.45, 7) is 1.88. The molecule has 0 aliphatic heterocycles. The zero-order valence-electron chi connectivity index (χ0n) is 3.21. The van der Waals surface area contributed by atoms with E-state index in [1.54, 1.807) is 0 Å². The van der Waals surface area contributed by atoms with Crippen LogP contribution in [0.3, 0.4) is 0 Å². The average molecular weight is 294 g/mol. The molecule has 5 heavy (non-hydrogen) atoms. The zero-order valence-corrected chi connectivity index (χ0v) is 7.37. The summed E-state index contributed by atoms with van der Waals surface area (Å²) in [5.41, 5.74) is 0. The second-order valence-corrected chi connectivity index (χ2v) is 0.530. The molecule has 0 rings (SSSR count). The molecule has 0 radical (unpaired) electrons. The number of hydrogen-bond donors (Lipinski definition) is 1. The standard InChI is InChI=1S/C3H6N.U/c1-2-3-4;/h4H,2H2,1H3;/q-1;. The van der Waals surface area contributed by atoms with Crippen LogP contribution in [-0.2, 0) is 0 Å². The summed E-state index contributed by atoms with van der Waals surface area (Å²) in [4.78, 5) is 0. The van der Waals surface area contributed by atoms with Crippen molar-refractivity contribution >= 4 is 6.21 Å². The molecule has 0 heterocycles. The third kappa shape index (κ3) is 11.8. The summed E-state index contributed by atoms with van der Waals surface area (Å²) in [7, 11) is 0. The summed E-state index contributed by atoms with van der Waals surface area (Å²) in [6.07, 6.45) is 2.92. The van der Waals surface area contributed by atoms with Crippen molar-refractivity contribution in [1.82, 2.24) is 0 Å². The topological polar surface area (TPSA) is 23.9 Å². The van der Waals surface area contributed by atoms with Crippen LogP contribution in [0.4, 0.5) is 0 Å². The van der Waals surface area contributed by atoms with E-state index in [-0.39, 0.29) is 31.1 Å². The van der Waals surface area contributed by atoms with Gasteiger partial charge < -0.3 is 11.6 Å². The van der Waals surface area contributed by atoms with E-state index in [1.165, 1.54) is 0 Å². The van der Waals surface area contributed by atoms with E-state index in [0.29, 0.717) is 0 Å². The number of nitrogens with one attached hydrogen (secondary N) is 1. The van der Waals surface area contributed by atoms with Gasteiger partial charge in [-0.25, -0.2) is 0 Å². The second-order valence-electron chi connectivity index (χ2n) is 0.530. The molecule has 0 aliphatic rings. The van der Waals surface area contributed by atoms with Crippen LogP contribution >= 0.6 is 0 Å². The van der Waals surface area contributed by atoms with Crippen molar-refractivity contribution in [2.45, 2.75) is 13.3 Å². The Morgan fingerprint density at radius 1 is 1.80 bits per heavy atom. The van der Waals surface area contributed by atoms with Gasteiger partial charge in [0.2, 0.25) is 0 Å². The van der Waals surface area contributed by atoms with Gasteiger partial charge in [-0.15, -0.1) is 0 Å². The van der Waals surface area contributed by atoms with Gasteiger partial charge in [0.05, 0.1) is 0 Å². The van der Waals surface area contributed by atoms with Crippen molar-refractivity contribution in [3.05, 3.63) is 0 Å². The van der Waals surface area contributed by atoms with E-state index in [2.05, 4.69) is 6.21 Å². The molecule has 0 aromatic rings. The zero-order chi connectivity index (χ0) is 3.41. The summed E-state index contributed by atoms with van der Waals surface area (Å²) in [5, 5.41) is 6.20. The molecule has 0 aromatic carbocycles. The maximum atomic E-state index is 6.20. The summed E-state index contributed by atoms with van der Waals surface area (Å²) in [6, 6.07) is 0. The Bertz CT molecular complexity index is 20.9. The van der Waals surface area contributed by atoms with Crippen molar-refractivity contribution in [2.24, 2.45) is 0 Å². The molecule has 0 aromatic heterocycles. The van der Waals surface area contributed by atoms with Gasteiger partial charge >= 0.3 is 0 Å². The summed E-state index contributed by atoms with van der Waals surface area (Å²) < 4.78 is 0. The minimum absolute atomic E-state index is 0. The van der Waals surface area contributed by atoms with Gasteiger partial charge in [-0.3, -0.25) is 0 Å². The molecule has 0 atom stereocenters. The Hall–Kier alpha value is 0.722. The van der Waals surface area contributed by atoms with Crippen LogP contribution in [0.2, 0.25) is 0 Å². The van der Waals surface area contributed by atoms with Crippen LogP contribution in [0.15, 0.2) is 0 Å². The van der Waals surface area contributed by atoms with E-state index in [1.807, 2.05) is 6.92 Å². The number of hydrogen-bond acceptors (Lipinski definition) is 1. The average Bonchev–Trinajstić information content (AvgIpc) is 1.37. The Labute approximate surface area is 56.0 Å². The number of rotatable bonds is 1. The fourth-order valence-electron chi connectivity index (χ4n) is 0. The summed E-state index contributed by atoms with van der Waals surface area (Å²) in [5.74, 6) is 0. The van der Waals surface area contributed by atoms with E-state index in [9.17, 15) is 0 Å². The van der Waals surface area contributed by atoms with E-state index >= 15 is 0 Å². The SMILES string of the molecule is CC[C-]=N.[U]. The molecule has 0 saturated heterocycles. The molecule has 0 amide bonds.